The molecule has 0 aliphatic heterocycles. The normalized spacial score (nSPS) is 17.8. The summed E-state index contributed by atoms with van der Waals surface area (Å²) in [6.45, 7) is 0. The first-order valence-corrected chi connectivity index (χ1v) is 8.37. The first kappa shape index (κ1) is 13.0. The third kappa shape index (κ3) is 2.13. The second-order valence-electron chi connectivity index (χ2n) is 4.08. The van der Waals surface area contributed by atoms with Gasteiger partial charge in [-0.05, 0) is 28.8 Å². The van der Waals surface area contributed by atoms with Crippen molar-refractivity contribution in [3.63, 3.8) is 0 Å². The van der Waals surface area contributed by atoms with Gasteiger partial charge in [0.1, 0.15) is 0 Å². The van der Waals surface area contributed by atoms with E-state index in [-0.39, 0.29) is 5.91 Å². The van der Waals surface area contributed by atoms with Gasteiger partial charge in [-0.25, -0.2) is 13.4 Å². The molecule has 94 valence electrons. The molecule has 2 rings (SSSR count). The molecule has 1 fully saturated rings. The van der Waals surface area contributed by atoms with E-state index in [4.69, 9.17) is 0 Å². The molecule has 17 heavy (non-hydrogen) atoms. The van der Waals surface area contributed by atoms with Crippen LogP contribution in [0.5, 0.6) is 0 Å². The van der Waals surface area contributed by atoms with Gasteiger partial charge in [-0.15, -0.1) is 0 Å². The molecule has 8 heteroatoms. The van der Waals surface area contributed by atoms with Gasteiger partial charge >= 0.3 is 0 Å². The van der Waals surface area contributed by atoms with Gasteiger partial charge < -0.3 is 0 Å². The molecule has 0 N–H and O–H groups in total. The van der Waals surface area contributed by atoms with Crippen molar-refractivity contribution in [2.45, 2.75) is 17.6 Å². The minimum atomic E-state index is -3.36. The molecule has 1 aromatic heterocycles. The minimum absolute atomic E-state index is 0.387. The summed E-state index contributed by atoms with van der Waals surface area (Å²) in [5.41, 5.74) is 0. The Labute approximate surface area is 112 Å². The van der Waals surface area contributed by atoms with Gasteiger partial charge in [0.05, 0.1) is 9.98 Å². The van der Waals surface area contributed by atoms with E-state index < -0.39 is 14.6 Å². The molecule has 5 nitrogen and oxygen atoms in total. The second kappa shape index (κ2) is 4.03. The molecular weight excluding hydrogens is 328 g/mol. The zero-order chi connectivity index (χ0) is 12.8. The Hall–Kier alpha value is -0.470. The van der Waals surface area contributed by atoms with Crippen LogP contribution in [0.4, 0.5) is 5.13 Å². The van der Waals surface area contributed by atoms with E-state index >= 15 is 0 Å². The maximum Gasteiger partial charge on any atom is 0.249 e. The van der Waals surface area contributed by atoms with Crippen molar-refractivity contribution in [1.29, 1.82) is 0 Å². The highest BCUT2D eigenvalue weighted by atomic mass is 79.9. The monoisotopic (exact) mass is 338 g/mol. The highest BCUT2D eigenvalue weighted by Crippen LogP contribution is 2.45. The zero-order valence-electron chi connectivity index (χ0n) is 9.31. The summed E-state index contributed by atoms with van der Waals surface area (Å²) in [7, 11) is -1.81. The summed E-state index contributed by atoms with van der Waals surface area (Å²) in [5, 5.41) is 0.497. The van der Waals surface area contributed by atoms with E-state index in [0.29, 0.717) is 18.0 Å². The molecule has 1 aliphatic carbocycles. The molecule has 1 heterocycles. The lowest BCUT2D eigenvalue weighted by Gasteiger charge is -2.19. The Morgan fingerprint density at radius 3 is 2.53 bits per heavy atom. The van der Waals surface area contributed by atoms with E-state index in [1.54, 1.807) is 13.2 Å². The quantitative estimate of drug-likeness (QED) is 0.836. The molecule has 1 aromatic rings. The SMILES string of the molecule is CN(C(=O)C1(S(C)(=O)=O)CC1)c1ncc(Br)s1. The fraction of sp³-hybridized carbons (Fsp3) is 0.556. The largest absolute Gasteiger partial charge is 0.290 e. The molecule has 1 saturated carbocycles. The van der Waals surface area contributed by atoms with Crippen LogP contribution in [0.2, 0.25) is 0 Å². The van der Waals surface area contributed by atoms with Gasteiger partial charge in [-0.2, -0.15) is 0 Å². The Bertz CT molecular complexity index is 563. The van der Waals surface area contributed by atoms with Crippen molar-refractivity contribution in [1.82, 2.24) is 4.98 Å². The van der Waals surface area contributed by atoms with Gasteiger partial charge in [-0.3, -0.25) is 9.69 Å². The summed E-state index contributed by atoms with van der Waals surface area (Å²) in [6, 6.07) is 0. The lowest BCUT2D eigenvalue weighted by atomic mass is 10.3. The Balaban J connectivity index is 2.28. The smallest absolute Gasteiger partial charge is 0.249 e. The van der Waals surface area contributed by atoms with Crippen LogP contribution in [0.3, 0.4) is 0 Å². The van der Waals surface area contributed by atoms with Crippen LogP contribution in [0.15, 0.2) is 9.98 Å². The number of amides is 1. The molecule has 1 aliphatic rings. The molecule has 0 spiro atoms. The average Bonchev–Trinajstić information content (AvgIpc) is 2.94. The third-order valence-corrected chi connectivity index (χ3v) is 6.42. The fourth-order valence-corrected chi connectivity index (χ4v) is 4.09. The maximum atomic E-state index is 12.2. The first-order chi connectivity index (χ1) is 7.78. The van der Waals surface area contributed by atoms with Crippen molar-refractivity contribution in [2.75, 3.05) is 18.2 Å². The highest BCUT2D eigenvalue weighted by molar-refractivity contribution is 9.11. The van der Waals surface area contributed by atoms with Crippen molar-refractivity contribution in [2.24, 2.45) is 0 Å². The lowest BCUT2D eigenvalue weighted by Crippen LogP contribution is -2.42. The van der Waals surface area contributed by atoms with E-state index in [9.17, 15) is 13.2 Å². The summed E-state index contributed by atoms with van der Waals surface area (Å²) in [4.78, 5) is 17.5. The third-order valence-electron chi connectivity index (χ3n) is 2.86. The van der Waals surface area contributed by atoms with Crippen molar-refractivity contribution in [3.8, 4) is 0 Å². The van der Waals surface area contributed by atoms with E-state index in [1.165, 1.54) is 16.2 Å². The number of aromatic nitrogens is 1. The molecule has 0 radical (unpaired) electrons. The number of hydrogen-bond donors (Lipinski definition) is 0. The number of carbonyl (C=O) groups excluding carboxylic acids is 1. The number of anilines is 1. The van der Waals surface area contributed by atoms with Gasteiger partial charge in [-0.1, -0.05) is 11.3 Å². The van der Waals surface area contributed by atoms with Crippen molar-refractivity contribution < 1.29 is 13.2 Å². The van der Waals surface area contributed by atoms with Gasteiger partial charge in [0.15, 0.2) is 19.7 Å². The minimum Gasteiger partial charge on any atom is -0.290 e. The highest BCUT2D eigenvalue weighted by Gasteiger charge is 2.60. The van der Waals surface area contributed by atoms with E-state index in [1.807, 2.05) is 0 Å². The topological polar surface area (TPSA) is 67.3 Å². The Kier molecular flexibility index (Phi) is 3.07. The summed E-state index contributed by atoms with van der Waals surface area (Å²) in [6.07, 6.45) is 3.51. The number of carbonyl (C=O) groups is 1. The molecule has 0 saturated heterocycles. The maximum absolute atomic E-state index is 12.2. The molecule has 0 atom stereocenters. The summed E-state index contributed by atoms with van der Waals surface area (Å²) in [5.74, 6) is -0.387. The number of thiazole rings is 1. The number of rotatable bonds is 3. The predicted molar refractivity (Wildman–Crippen MR) is 70.0 cm³/mol. The Morgan fingerprint density at radius 2 is 2.18 bits per heavy atom. The molecule has 0 bridgehead atoms. The van der Waals surface area contributed by atoms with Crippen LogP contribution in [0.25, 0.3) is 0 Å². The summed E-state index contributed by atoms with van der Waals surface area (Å²) < 4.78 is 22.8. The molecular formula is C9H11BrN2O3S2. The van der Waals surface area contributed by atoms with Gasteiger partial charge in [0.25, 0.3) is 0 Å². The standard InChI is InChI=1S/C9H11BrN2O3S2/c1-12(8-11-5-6(10)16-8)7(13)9(3-4-9)17(2,14)15/h5H,3-4H2,1-2H3. The Morgan fingerprint density at radius 1 is 1.59 bits per heavy atom. The van der Waals surface area contributed by atoms with Crippen LogP contribution < -0.4 is 4.90 Å². The lowest BCUT2D eigenvalue weighted by molar-refractivity contribution is -0.118. The van der Waals surface area contributed by atoms with Crippen LogP contribution in [0.1, 0.15) is 12.8 Å². The van der Waals surface area contributed by atoms with E-state index in [2.05, 4.69) is 20.9 Å². The van der Waals surface area contributed by atoms with Crippen LogP contribution in [-0.2, 0) is 14.6 Å². The second-order valence-corrected chi connectivity index (χ2v) is 8.79. The molecule has 0 aromatic carbocycles. The number of nitrogens with zero attached hydrogens (tertiary/aromatic N) is 2. The van der Waals surface area contributed by atoms with Crippen molar-refractivity contribution >= 4 is 48.1 Å². The van der Waals surface area contributed by atoms with Gasteiger partial charge in [0, 0.05) is 13.3 Å². The first-order valence-electron chi connectivity index (χ1n) is 4.87. The van der Waals surface area contributed by atoms with Crippen LogP contribution in [0, 0.1) is 0 Å². The number of halogens is 1. The van der Waals surface area contributed by atoms with Crippen LogP contribution >= 0.6 is 27.3 Å². The molecule has 0 unspecified atom stereocenters. The average molecular weight is 339 g/mol. The predicted octanol–water partition coefficient (Wildman–Crippen LogP) is 1.45. The summed E-state index contributed by atoms with van der Waals surface area (Å²) >= 11 is 4.55. The number of hydrogen-bond acceptors (Lipinski definition) is 5. The van der Waals surface area contributed by atoms with Gasteiger partial charge in [0.2, 0.25) is 5.91 Å². The molecule has 1 amide bonds. The zero-order valence-corrected chi connectivity index (χ0v) is 12.5. The fourth-order valence-electron chi connectivity index (χ4n) is 1.65. The van der Waals surface area contributed by atoms with Crippen LogP contribution in [-0.4, -0.2) is 37.4 Å². The van der Waals surface area contributed by atoms with Crippen molar-refractivity contribution in [3.05, 3.63) is 9.98 Å². The number of sulfone groups is 1. The van der Waals surface area contributed by atoms with E-state index in [0.717, 1.165) is 10.0 Å².